The average molecular weight is 184 g/mol. The number of hydrogen-bond donors (Lipinski definition) is 1. The van der Waals surface area contributed by atoms with Crippen molar-refractivity contribution in [2.75, 3.05) is 19.6 Å². The van der Waals surface area contributed by atoms with Gasteiger partial charge in [-0.25, -0.2) is 0 Å². The minimum Gasteiger partial charge on any atom is -0.445 e. The lowest BCUT2D eigenvalue weighted by molar-refractivity contribution is -0.158. The van der Waals surface area contributed by atoms with E-state index in [1.807, 2.05) is 0 Å². The van der Waals surface area contributed by atoms with E-state index < -0.39 is 0 Å². The molecule has 1 aliphatic carbocycles. The molecule has 0 aromatic carbocycles. The van der Waals surface area contributed by atoms with Crippen LogP contribution in [0.15, 0.2) is 0 Å². The molecule has 1 unspecified atom stereocenters. The Bertz CT molecular complexity index is 204. The summed E-state index contributed by atoms with van der Waals surface area (Å²) in [6.07, 6.45) is 2.49. The van der Waals surface area contributed by atoms with Crippen LogP contribution in [0.5, 0.6) is 0 Å². The first-order valence-electron chi connectivity index (χ1n) is 4.91. The van der Waals surface area contributed by atoms with Crippen molar-refractivity contribution in [1.82, 2.24) is 10.2 Å². The van der Waals surface area contributed by atoms with Crippen LogP contribution < -0.4 is 5.32 Å². The summed E-state index contributed by atoms with van der Waals surface area (Å²) in [4.78, 5) is 13.1. The minimum atomic E-state index is -0.181. The van der Waals surface area contributed by atoms with E-state index in [0.717, 1.165) is 19.6 Å². The lowest BCUT2D eigenvalue weighted by Gasteiger charge is -2.35. The molecule has 0 radical (unpaired) electrons. The van der Waals surface area contributed by atoms with Gasteiger partial charge in [0, 0.05) is 32.6 Å². The molecule has 4 heteroatoms. The highest BCUT2D eigenvalue weighted by Gasteiger charge is 2.36. The highest BCUT2D eigenvalue weighted by atomic mass is 16.6. The number of nitrogens with zero attached hydrogens (tertiary/aromatic N) is 1. The zero-order valence-corrected chi connectivity index (χ0v) is 7.95. The van der Waals surface area contributed by atoms with Gasteiger partial charge >= 0.3 is 5.97 Å². The van der Waals surface area contributed by atoms with Gasteiger partial charge in [-0.2, -0.15) is 0 Å². The molecule has 2 aliphatic rings. The third-order valence-electron chi connectivity index (χ3n) is 2.55. The van der Waals surface area contributed by atoms with Gasteiger partial charge in [-0.05, 0) is 12.8 Å². The smallest absolute Gasteiger partial charge is 0.304 e. The molecule has 0 aromatic rings. The first-order valence-corrected chi connectivity index (χ1v) is 4.91. The standard InChI is InChI=1S/C9H16N2O2/c1-7(12)13-9-6-10-4-5-11(9)8-2-3-8/h8-10H,2-6H2,1H3. The van der Waals surface area contributed by atoms with Crippen LogP contribution in [0.4, 0.5) is 0 Å². The molecule has 0 aromatic heterocycles. The van der Waals surface area contributed by atoms with Gasteiger partial charge in [-0.15, -0.1) is 0 Å². The molecule has 1 saturated carbocycles. The van der Waals surface area contributed by atoms with Gasteiger partial charge in [0.05, 0.1) is 0 Å². The lowest BCUT2D eigenvalue weighted by atomic mass is 10.3. The summed E-state index contributed by atoms with van der Waals surface area (Å²) >= 11 is 0. The van der Waals surface area contributed by atoms with Crippen LogP contribution in [0.3, 0.4) is 0 Å². The van der Waals surface area contributed by atoms with Crippen molar-refractivity contribution in [2.24, 2.45) is 0 Å². The van der Waals surface area contributed by atoms with Crippen molar-refractivity contribution < 1.29 is 9.53 Å². The number of piperazine rings is 1. The monoisotopic (exact) mass is 184 g/mol. The van der Waals surface area contributed by atoms with Crippen molar-refractivity contribution in [3.05, 3.63) is 0 Å². The lowest BCUT2D eigenvalue weighted by Crippen LogP contribution is -2.53. The predicted octanol–water partition coefficient (Wildman–Crippen LogP) is -0.0568. The van der Waals surface area contributed by atoms with E-state index in [9.17, 15) is 4.79 Å². The van der Waals surface area contributed by atoms with Gasteiger partial charge < -0.3 is 10.1 Å². The summed E-state index contributed by atoms with van der Waals surface area (Å²) < 4.78 is 5.23. The number of nitrogens with one attached hydrogen (secondary N) is 1. The fraction of sp³-hybridized carbons (Fsp3) is 0.889. The Morgan fingerprint density at radius 2 is 2.31 bits per heavy atom. The SMILES string of the molecule is CC(=O)OC1CNCCN1C1CC1. The van der Waals surface area contributed by atoms with Crippen molar-refractivity contribution in [3.63, 3.8) is 0 Å². The van der Waals surface area contributed by atoms with Gasteiger partial charge in [0.15, 0.2) is 6.23 Å². The van der Waals surface area contributed by atoms with E-state index in [0.29, 0.717) is 6.04 Å². The van der Waals surface area contributed by atoms with Crippen LogP contribution >= 0.6 is 0 Å². The topological polar surface area (TPSA) is 41.6 Å². The number of carbonyl (C=O) groups is 1. The summed E-state index contributed by atoms with van der Waals surface area (Å²) in [6, 6.07) is 0.673. The molecule has 1 saturated heterocycles. The zero-order chi connectivity index (χ0) is 9.26. The average Bonchev–Trinajstić information content (AvgIpc) is 2.87. The molecule has 2 fully saturated rings. The molecule has 0 spiro atoms. The van der Waals surface area contributed by atoms with Gasteiger partial charge in [-0.1, -0.05) is 0 Å². The summed E-state index contributed by atoms with van der Waals surface area (Å²) in [5.74, 6) is -0.181. The molecule has 1 atom stereocenters. The molecule has 4 nitrogen and oxygen atoms in total. The Hall–Kier alpha value is -0.610. The maximum atomic E-state index is 10.8. The predicted molar refractivity (Wildman–Crippen MR) is 48.2 cm³/mol. The third kappa shape index (κ3) is 2.19. The minimum absolute atomic E-state index is 0.0289. The summed E-state index contributed by atoms with van der Waals surface area (Å²) in [5.41, 5.74) is 0. The van der Waals surface area contributed by atoms with E-state index in [4.69, 9.17) is 4.74 Å². The molecular weight excluding hydrogens is 168 g/mol. The second kappa shape index (κ2) is 3.64. The fourth-order valence-corrected chi connectivity index (χ4v) is 1.82. The Balaban J connectivity index is 1.91. The molecule has 1 heterocycles. The van der Waals surface area contributed by atoms with Crippen LogP contribution in [0.2, 0.25) is 0 Å². The first-order chi connectivity index (χ1) is 6.27. The van der Waals surface area contributed by atoms with Crippen LogP contribution in [0, 0.1) is 0 Å². The second-order valence-electron chi connectivity index (χ2n) is 3.74. The maximum absolute atomic E-state index is 10.8. The van der Waals surface area contributed by atoms with Crippen molar-refractivity contribution in [1.29, 1.82) is 0 Å². The second-order valence-corrected chi connectivity index (χ2v) is 3.74. The number of rotatable bonds is 2. The van der Waals surface area contributed by atoms with Gasteiger partial charge in [0.2, 0.25) is 0 Å². The third-order valence-corrected chi connectivity index (χ3v) is 2.55. The van der Waals surface area contributed by atoms with E-state index in [-0.39, 0.29) is 12.2 Å². The Labute approximate surface area is 78.2 Å². The number of hydrogen-bond acceptors (Lipinski definition) is 4. The van der Waals surface area contributed by atoms with E-state index in [2.05, 4.69) is 10.2 Å². The normalized spacial score (nSPS) is 30.1. The number of esters is 1. The zero-order valence-electron chi connectivity index (χ0n) is 7.95. The molecular formula is C9H16N2O2. The summed E-state index contributed by atoms with van der Waals surface area (Å²) in [7, 11) is 0. The van der Waals surface area contributed by atoms with Crippen LogP contribution in [0.1, 0.15) is 19.8 Å². The molecule has 13 heavy (non-hydrogen) atoms. The highest BCUT2D eigenvalue weighted by Crippen LogP contribution is 2.29. The van der Waals surface area contributed by atoms with E-state index >= 15 is 0 Å². The number of ether oxygens (including phenoxy) is 1. The fourth-order valence-electron chi connectivity index (χ4n) is 1.82. The van der Waals surface area contributed by atoms with Crippen molar-refractivity contribution >= 4 is 5.97 Å². The quantitative estimate of drug-likeness (QED) is 0.611. The number of carbonyl (C=O) groups excluding carboxylic acids is 1. The van der Waals surface area contributed by atoms with Crippen LogP contribution in [0.25, 0.3) is 0 Å². The molecule has 74 valence electrons. The highest BCUT2D eigenvalue weighted by molar-refractivity contribution is 5.66. The van der Waals surface area contributed by atoms with Crippen molar-refractivity contribution in [3.8, 4) is 0 Å². The van der Waals surface area contributed by atoms with E-state index in [1.54, 1.807) is 0 Å². The molecule has 1 aliphatic heterocycles. The Kier molecular flexibility index (Phi) is 2.51. The van der Waals surface area contributed by atoms with Gasteiger partial charge in [0.1, 0.15) is 0 Å². The molecule has 2 rings (SSSR count). The van der Waals surface area contributed by atoms with E-state index in [1.165, 1.54) is 19.8 Å². The van der Waals surface area contributed by atoms with Gasteiger partial charge in [-0.3, -0.25) is 9.69 Å². The maximum Gasteiger partial charge on any atom is 0.304 e. The van der Waals surface area contributed by atoms with Crippen molar-refractivity contribution in [2.45, 2.75) is 32.0 Å². The molecule has 1 N–H and O–H groups in total. The summed E-state index contributed by atoms with van der Waals surface area (Å²) in [5, 5.41) is 3.23. The summed E-state index contributed by atoms with van der Waals surface area (Å²) in [6.45, 7) is 4.26. The molecule has 0 bridgehead atoms. The van der Waals surface area contributed by atoms with Crippen LogP contribution in [-0.2, 0) is 9.53 Å². The Morgan fingerprint density at radius 1 is 1.54 bits per heavy atom. The molecule has 0 amide bonds. The van der Waals surface area contributed by atoms with Gasteiger partial charge in [0.25, 0.3) is 0 Å². The Morgan fingerprint density at radius 3 is 2.92 bits per heavy atom. The largest absolute Gasteiger partial charge is 0.445 e. The van der Waals surface area contributed by atoms with Crippen LogP contribution in [-0.4, -0.2) is 42.8 Å². The first kappa shape index (κ1) is 8.97.